The van der Waals surface area contributed by atoms with Crippen LogP contribution in [0.25, 0.3) is 0 Å². The average Bonchev–Trinajstić information content (AvgIpc) is 2.19. The van der Waals surface area contributed by atoms with Crippen LogP contribution in [-0.2, 0) is 9.47 Å². The molecule has 2 nitrogen and oxygen atoms in total. The molecule has 0 bridgehead atoms. The first kappa shape index (κ1) is 11.3. The highest BCUT2D eigenvalue weighted by molar-refractivity contribution is 14.1. The minimum absolute atomic E-state index is 0.0372. The number of alkyl halides is 1. The highest BCUT2D eigenvalue weighted by atomic mass is 127. The molecule has 0 radical (unpaired) electrons. The van der Waals surface area contributed by atoms with E-state index in [0.717, 1.165) is 23.9 Å². The standard InChI is InChI=1S/C10H15IO2/c11-7-3-1-4-8-12-10-6-2-5-9-13-10/h10H,2,4-9H2/t10-/m0/s1. The maximum absolute atomic E-state index is 5.50. The topological polar surface area (TPSA) is 18.5 Å². The largest absolute Gasteiger partial charge is 0.353 e. The lowest BCUT2D eigenvalue weighted by Gasteiger charge is -2.22. The van der Waals surface area contributed by atoms with E-state index < -0.39 is 0 Å². The predicted molar refractivity (Wildman–Crippen MR) is 60.8 cm³/mol. The predicted octanol–water partition coefficient (Wildman–Crippen LogP) is 2.36. The second-order valence-electron chi connectivity index (χ2n) is 2.90. The summed E-state index contributed by atoms with van der Waals surface area (Å²) in [5.41, 5.74) is 0. The Labute approximate surface area is 93.5 Å². The zero-order valence-corrected chi connectivity index (χ0v) is 9.88. The first-order chi connectivity index (χ1) is 6.43. The van der Waals surface area contributed by atoms with Gasteiger partial charge >= 0.3 is 0 Å². The van der Waals surface area contributed by atoms with Crippen LogP contribution in [0.2, 0.25) is 0 Å². The van der Waals surface area contributed by atoms with E-state index in [-0.39, 0.29) is 6.29 Å². The van der Waals surface area contributed by atoms with Crippen LogP contribution in [0.3, 0.4) is 0 Å². The summed E-state index contributed by atoms with van der Waals surface area (Å²) in [6.45, 7) is 1.55. The summed E-state index contributed by atoms with van der Waals surface area (Å²) in [7, 11) is 0. The third-order valence-corrected chi connectivity index (χ3v) is 2.24. The van der Waals surface area contributed by atoms with Crippen LogP contribution in [0.1, 0.15) is 25.7 Å². The summed E-state index contributed by atoms with van der Waals surface area (Å²) >= 11 is 2.24. The molecule has 1 fully saturated rings. The van der Waals surface area contributed by atoms with Gasteiger partial charge in [-0.05, 0) is 19.3 Å². The lowest BCUT2D eigenvalue weighted by atomic mass is 10.2. The Kier molecular flexibility index (Phi) is 6.60. The van der Waals surface area contributed by atoms with Gasteiger partial charge in [-0.3, -0.25) is 0 Å². The third-order valence-electron chi connectivity index (χ3n) is 1.86. The minimum Gasteiger partial charge on any atom is -0.353 e. The van der Waals surface area contributed by atoms with Gasteiger partial charge in [0.2, 0.25) is 0 Å². The van der Waals surface area contributed by atoms with E-state index in [1.54, 1.807) is 0 Å². The smallest absolute Gasteiger partial charge is 0.157 e. The number of ether oxygens (including phenoxy) is 2. The molecule has 1 atom stereocenters. The van der Waals surface area contributed by atoms with E-state index in [1.165, 1.54) is 12.8 Å². The number of hydrogen-bond acceptors (Lipinski definition) is 2. The number of halogens is 1. The van der Waals surface area contributed by atoms with Gasteiger partial charge in [-0.25, -0.2) is 0 Å². The van der Waals surface area contributed by atoms with Crippen LogP contribution in [-0.4, -0.2) is 23.9 Å². The lowest BCUT2D eigenvalue weighted by Crippen LogP contribution is -2.22. The van der Waals surface area contributed by atoms with Crippen molar-refractivity contribution >= 4 is 22.6 Å². The van der Waals surface area contributed by atoms with Crippen molar-refractivity contribution < 1.29 is 9.47 Å². The van der Waals surface area contributed by atoms with E-state index in [4.69, 9.17) is 9.47 Å². The summed E-state index contributed by atoms with van der Waals surface area (Å²) in [4.78, 5) is 0. The maximum Gasteiger partial charge on any atom is 0.157 e. The van der Waals surface area contributed by atoms with E-state index in [0.29, 0.717) is 6.61 Å². The van der Waals surface area contributed by atoms with Gasteiger partial charge < -0.3 is 9.47 Å². The Balaban J connectivity index is 1.98. The molecule has 1 aliphatic rings. The zero-order valence-electron chi connectivity index (χ0n) is 7.72. The molecule has 0 aromatic carbocycles. The Morgan fingerprint density at radius 1 is 1.38 bits per heavy atom. The van der Waals surface area contributed by atoms with Gasteiger partial charge in [-0.2, -0.15) is 0 Å². The molecule has 3 heteroatoms. The summed E-state index contributed by atoms with van der Waals surface area (Å²) in [6.07, 6.45) is 4.30. The first-order valence-electron chi connectivity index (χ1n) is 4.68. The summed E-state index contributed by atoms with van der Waals surface area (Å²) in [5.74, 6) is 6.04. The van der Waals surface area contributed by atoms with Crippen LogP contribution in [0.4, 0.5) is 0 Å². The van der Waals surface area contributed by atoms with Gasteiger partial charge in [0.1, 0.15) is 0 Å². The summed E-state index contributed by atoms with van der Waals surface area (Å²) in [5, 5.41) is 0. The number of hydrogen-bond donors (Lipinski definition) is 0. The van der Waals surface area contributed by atoms with Crippen LogP contribution >= 0.6 is 22.6 Å². The molecule has 1 heterocycles. The van der Waals surface area contributed by atoms with Gasteiger partial charge in [0.15, 0.2) is 6.29 Å². The monoisotopic (exact) mass is 294 g/mol. The highest BCUT2D eigenvalue weighted by Crippen LogP contribution is 2.13. The fraction of sp³-hybridized carbons (Fsp3) is 0.800. The van der Waals surface area contributed by atoms with Crippen molar-refractivity contribution in [3.63, 3.8) is 0 Å². The molecule has 74 valence electrons. The minimum atomic E-state index is 0.0372. The normalized spacial score (nSPS) is 22.1. The average molecular weight is 294 g/mol. The SMILES string of the molecule is ICC#CCCO[C@@H]1CCCCO1. The van der Waals surface area contributed by atoms with Crippen molar-refractivity contribution in [3.8, 4) is 11.8 Å². The Morgan fingerprint density at radius 3 is 3.00 bits per heavy atom. The molecule has 0 unspecified atom stereocenters. The van der Waals surface area contributed by atoms with Crippen molar-refractivity contribution in [1.29, 1.82) is 0 Å². The van der Waals surface area contributed by atoms with E-state index >= 15 is 0 Å². The van der Waals surface area contributed by atoms with Crippen LogP contribution in [0.15, 0.2) is 0 Å². The summed E-state index contributed by atoms with van der Waals surface area (Å²) < 4.78 is 11.8. The second kappa shape index (κ2) is 7.60. The van der Waals surface area contributed by atoms with Gasteiger partial charge in [0.25, 0.3) is 0 Å². The Bertz CT molecular complexity index is 177. The molecule has 0 aliphatic carbocycles. The molecule has 0 spiro atoms. The van der Waals surface area contributed by atoms with Gasteiger partial charge in [0, 0.05) is 13.0 Å². The van der Waals surface area contributed by atoms with Crippen LogP contribution in [0, 0.1) is 11.8 Å². The molecular formula is C10H15IO2. The summed E-state index contributed by atoms with van der Waals surface area (Å²) in [6, 6.07) is 0. The molecule has 1 aliphatic heterocycles. The third kappa shape index (κ3) is 5.50. The van der Waals surface area contributed by atoms with Crippen molar-refractivity contribution in [2.24, 2.45) is 0 Å². The quantitative estimate of drug-likeness (QED) is 0.344. The lowest BCUT2D eigenvalue weighted by molar-refractivity contribution is -0.161. The molecule has 0 saturated carbocycles. The van der Waals surface area contributed by atoms with Crippen LogP contribution < -0.4 is 0 Å². The van der Waals surface area contributed by atoms with Crippen molar-refractivity contribution in [2.45, 2.75) is 32.0 Å². The molecule has 0 amide bonds. The Hall–Kier alpha value is 0.210. The van der Waals surface area contributed by atoms with Gasteiger partial charge in [-0.1, -0.05) is 28.5 Å². The van der Waals surface area contributed by atoms with E-state index in [1.807, 2.05) is 0 Å². The number of rotatable bonds is 3. The molecule has 0 N–H and O–H groups in total. The van der Waals surface area contributed by atoms with E-state index in [9.17, 15) is 0 Å². The fourth-order valence-corrected chi connectivity index (χ4v) is 1.49. The maximum atomic E-state index is 5.50. The molecular weight excluding hydrogens is 279 g/mol. The molecule has 0 aromatic rings. The van der Waals surface area contributed by atoms with Gasteiger partial charge in [0.05, 0.1) is 11.0 Å². The molecule has 13 heavy (non-hydrogen) atoms. The Morgan fingerprint density at radius 2 is 2.31 bits per heavy atom. The highest BCUT2D eigenvalue weighted by Gasteiger charge is 2.12. The molecule has 0 aromatic heterocycles. The van der Waals surface area contributed by atoms with E-state index in [2.05, 4.69) is 34.4 Å². The van der Waals surface area contributed by atoms with Crippen LogP contribution in [0.5, 0.6) is 0 Å². The first-order valence-corrected chi connectivity index (χ1v) is 6.21. The molecule has 1 saturated heterocycles. The second-order valence-corrected chi connectivity index (χ2v) is 3.67. The van der Waals surface area contributed by atoms with Crippen molar-refractivity contribution in [3.05, 3.63) is 0 Å². The van der Waals surface area contributed by atoms with Crippen molar-refractivity contribution in [1.82, 2.24) is 0 Å². The fourth-order valence-electron chi connectivity index (χ4n) is 1.22. The van der Waals surface area contributed by atoms with Gasteiger partial charge in [-0.15, -0.1) is 5.92 Å². The molecule has 1 rings (SSSR count). The zero-order chi connectivity index (χ0) is 9.36. The van der Waals surface area contributed by atoms with Crippen molar-refractivity contribution in [2.75, 3.05) is 17.6 Å².